The molecule has 0 saturated heterocycles. The van der Waals surface area contributed by atoms with Gasteiger partial charge < -0.3 is 5.32 Å². The molecular formula is C24H18N6OS. The summed E-state index contributed by atoms with van der Waals surface area (Å²) in [5.74, 6) is 0.258. The van der Waals surface area contributed by atoms with E-state index in [9.17, 15) is 4.79 Å². The van der Waals surface area contributed by atoms with Gasteiger partial charge in [-0.15, -0.1) is 5.10 Å². The van der Waals surface area contributed by atoms with Crippen LogP contribution in [-0.2, 0) is 11.3 Å². The summed E-state index contributed by atoms with van der Waals surface area (Å²) in [6.45, 7) is 0.0102. The SMILES string of the molecule is O=C(Cn1nnc(-c2ccncc2)c1-c1ccccc1)Nc1ccc(-c2ccsc2)cn1. The summed E-state index contributed by atoms with van der Waals surface area (Å²) in [5.41, 5.74) is 5.40. The Balaban J connectivity index is 1.39. The Bertz CT molecular complexity index is 1320. The van der Waals surface area contributed by atoms with Crippen molar-refractivity contribution in [1.82, 2.24) is 25.0 Å². The molecule has 1 N–H and O–H groups in total. The van der Waals surface area contributed by atoms with Crippen LogP contribution in [0.2, 0.25) is 0 Å². The van der Waals surface area contributed by atoms with Crippen molar-refractivity contribution in [2.75, 3.05) is 5.32 Å². The predicted octanol–water partition coefficient (Wildman–Crippen LogP) is 4.77. The highest BCUT2D eigenvalue weighted by molar-refractivity contribution is 7.08. The molecule has 0 fully saturated rings. The largest absolute Gasteiger partial charge is 0.309 e. The van der Waals surface area contributed by atoms with Gasteiger partial charge in [0.25, 0.3) is 0 Å². The quantitative estimate of drug-likeness (QED) is 0.413. The molecule has 1 aromatic carbocycles. The third kappa shape index (κ3) is 4.17. The van der Waals surface area contributed by atoms with E-state index in [-0.39, 0.29) is 12.5 Å². The zero-order chi connectivity index (χ0) is 21.8. The molecular weight excluding hydrogens is 420 g/mol. The van der Waals surface area contributed by atoms with Gasteiger partial charge in [-0.05, 0) is 46.7 Å². The number of hydrogen-bond acceptors (Lipinski definition) is 6. The van der Waals surface area contributed by atoms with E-state index in [0.29, 0.717) is 11.5 Å². The first-order chi connectivity index (χ1) is 15.8. The van der Waals surface area contributed by atoms with Crippen molar-refractivity contribution in [3.05, 3.63) is 90.0 Å². The summed E-state index contributed by atoms with van der Waals surface area (Å²) in [4.78, 5) is 21.2. The van der Waals surface area contributed by atoms with Gasteiger partial charge in [0.05, 0.1) is 5.69 Å². The minimum atomic E-state index is -0.232. The van der Waals surface area contributed by atoms with Crippen LogP contribution in [0.25, 0.3) is 33.6 Å². The normalized spacial score (nSPS) is 10.8. The van der Waals surface area contributed by atoms with E-state index in [1.807, 2.05) is 60.0 Å². The number of carbonyl (C=O) groups is 1. The molecule has 1 amide bonds. The number of nitrogens with zero attached hydrogens (tertiary/aromatic N) is 5. The summed E-state index contributed by atoms with van der Waals surface area (Å²) in [6, 6.07) is 19.3. The smallest absolute Gasteiger partial charge is 0.247 e. The van der Waals surface area contributed by atoms with E-state index in [2.05, 4.69) is 31.0 Å². The fraction of sp³-hybridized carbons (Fsp3) is 0.0417. The summed E-state index contributed by atoms with van der Waals surface area (Å²) >= 11 is 1.63. The Kier molecular flexibility index (Phi) is 5.50. The molecule has 0 spiro atoms. The third-order valence-electron chi connectivity index (χ3n) is 4.91. The Morgan fingerprint density at radius 2 is 1.75 bits per heavy atom. The summed E-state index contributed by atoms with van der Waals surface area (Å²) in [6.07, 6.45) is 5.17. The van der Waals surface area contributed by atoms with Gasteiger partial charge in [-0.1, -0.05) is 35.5 Å². The van der Waals surface area contributed by atoms with Gasteiger partial charge in [-0.3, -0.25) is 9.78 Å². The van der Waals surface area contributed by atoms with Gasteiger partial charge >= 0.3 is 0 Å². The average Bonchev–Trinajstić information content (AvgIpc) is 3.51. The molecule has 7 nitrogen and oxygen atoms in total. The van der Waals surface area contributed by atoms with Crippen LogP contribution in [-0.4, -0.2) is 30.9 Å². The summed E-state index contributed by atoms with van der Waals surface area (Å²) in [7, 11) is 0. The van der Waals surface area contributed by atoms with Gasteiger partial charge in [0, 0.05) is 35.3 Å². The molecule has 4 heterocycles. The zero-order valence-corrected chi connectivity index (χ0v) is 17.7. The molecule has 0 unspecified atom stereocenters. The van der Waals surface area contributed by atoms with Crippen LogP contribution in [0.3, 0.4) is 0 Å². The van der Waals surface area contributed by atoms with Crippen molar-refractivity contribution in [2.45, 2.75) is 6.54 Å². The van der Waals surface area contributed by atoms with Crippen molar-refractivity contribution in [3.63, 3.8) is 0 Å². The number of carbonyl (C=O) groups excluding carboxylic acids is 1. The van der Waals surface area contributed by atoms with Crippen LogP contribution in [0.5, 0.6) is 0 Å². The van der Waals surface area contributed by atoms with E-state index >= 15 is 0 Å². The van der Waals surface area contributed by atoms with Gasteiger partial charge in [-0.2, -0.15) is 11.3 Å². The monoisotopic (exact) mass is 438 g/mol. The van der Waals surface area contributed by atoms with Crippen molar-refractivity contribution < 1.29 is 4.79 Å². The first-order valence-electron chi connectivity index (χ1n) is 9.96. The molecule has 5 aromatic rings. The number of anilines is 1. The van der Waals surface area contributed by atoms with Gasteiger partial charge in [0.1, 0.15) is 18.1 Å². The highest BCUT2D eigenvalue weighted by Crippen LogP contribution is 2.30. The van der Waals surface area contributed by atoms with E-state index < -0.39 is 0 Å². The maximum atomic E-state index is 12.8. The number of hydrogen-bond donors (Lipinski definition) is 1. The van der Waals surface area contributed by atoms with Crippen LogP contribution in [0.4, 0.5) is 5.82 Å². The van der Waals surface area contributed by atoms with Crippen LogP contribution < -0.4 is 5.32 Å². The summed E-state index contributed by atoms with van der Waals surface area (Å²) < 4.78 is 1.61. The van der Waals surface area contributed by atoms with E-state index in [0.717, 1.165) is 27.9 Å². The van der Waals surface area contributed by atoms with Crippen LogP contribution >= 0.6 is 11.3 Å². The van der Waals surface area contributed by atoms with E-state index in [4.69, 9.17) is 0 Å². The molecule has 0 aliphatic heterocycles. The van der Waals surface area contributed by atoms with Gasteiger partial charge in [0.2, 0.25) is 5.91 Å². The number of amides is 1. The molecule has 0 radical (unpaired) electrons. The molecule has 32 heavy (non-hydrogen) atoms. The van der Waals surface area contributed by atoms with Crippen molar-refractivity contribution in [1.29, 1.82) is 0 Å². The first-order valence-corrected chi connectivity index (χ1v) is 10.9. The zero-order valence-electron chi connectivity index (χ0n) is 16.9. The summed E-state index contributed by atoms with van der Waals surface area (Å²) in [5, 5.41) is 15.5. The third-order valence-corrected chi connectivity index (χ3v) is 5.60. The molecule has 0 atom stereocenters. The van der Waals surface area contributed by atoms with Gasteiger partial charge in [-0.25, -0.2) is 9.67 Å². The number of thiophene rings is 1. The fourth-order valence-corrected chi connectivity index (χ4v) is 4.06. The lowest BCUT2D eigenvalue weighted by atomic mass is 10.1. The lowest BCUT2D eigenvalue weighted by Gasteiger charge is -2.09. The first kappa shape index (κ1) is 19.8. The maximum absolute atomic E-state index is 12.8. The second-order valence-electron chi connectivity index (χ2n) is 7.04. The van der Waals surface area contributed by atoms with Crippen LogP contribution in [0, 0.1) is 0 Å². The van der Waals surface area contributed by atoms with Crippen LogP contribution in [0.15, 0.2) is 90.0 Å². The molecule has 156 valence electrons. The lowest BCUT2D eigenvalue weighted by Crippen LogP contribution is -2.20. The minimum absolute atomic E-state index is 0.0102. The van der Waals surface area contributed by atoms with E-state index in [1.54, 1.807) is 40.7 Å². The molecule has 8 heteroatoms. The number of nitrogens with one attached hydrogen (secondary N) is 1. The molecule has 0 bridgehead atoms. The molecule has 0 aliphatic carbocycles. The number of aromatic nitrogens is 5. The second kappa shape index (κ2) is 8.91. The van der Waals surface area contributed by atoms with Crippen molar-refractivity contribution in [3.8, 4) is 33.6 Å². The average molecular weight is 439 g/mol. The fourth-order valence-electron chi connectivity index (χ4n) is 3.40. The Morgan fingerprint density at radius 3 is 2.47 bits per heavy atom. The van der Waals surface area contributed by atoms with Crippen LogP contribution in [0.1, 0.15) is 0 Å². The highest BCUT2D eigenvalue weighted by Gasteiger charge is 2.18. The van der Waals surface area contributed by atoms with Crippen molar-refractivity contribution in [2.24, 2.45) is 0 Å². The van der Waals surface area contributed by atoms with Gasteiger partial charge in [0.15, 0.2) is 0 Å². The predicted molar refractivity (Wildman–Crippen MR) is 125 cm³/mol. The number of benzene rings is 1. The molecule has 5 rings (SSSR count). The highest BCUT2D eigenvalue weighted by atomic mass is 32.1. The minimum Gasteiger partial charge on any atom is -0.309 e. The molecule has 4 aromatic heterocycles. The molecule has 0 saturated carbocycles. The maximum Gasteiger partial charge on any atom is 0.247 e. The standard InChI is InChI=1S/C24H18N6OS/c31-22(27-21-7-6-19(14-26-21)20-10-13-32-16-20)15-30-24(18-4-2-1-3-5-18)23(28-29-30)17-8-11-25-12-9-17/h1-14,16H,15H2,(H,26,27,31). The lowest BCUT2D eigenvalue weighted by molar-refractivity contribution is -0.116. The van der Waals surface area contributed by atoms with Crippen molar-refractivity contribution >= 4 is 23.1 Å². The Labute approximate surface area is 188 Å². The number of pyridine rings is 2. The van der Waals surface area contributed by atoms with E-state index in [1.165, 1.54) is 0 Å². The Morgan fingerprint density at radius 1 is 0.906 bits per heavy atom. The topological polar surface area (TPSA) is 85.6 Å². The molecule has 0 aliphatic rings. The second-order valence-corrected chi connectivity index (χ2v) is 7.82. The Hall–Kier alpha value is -4.17. The number of rotatable bonds is 6.